The highest BCUT2D eigenvalue weighted by molar-refractivity contribution is 7.99. The van der Waals surface area contributed by atoms with Crippen LogP contribution in [0.25, 0.3) is 11.3 Å². The zero-order chi connectivity index (χ0) is 26.6. The van der Waals surface area contributed by atoms with Gasteiger partial charge in [-0.2, -0.15) is 11.8 Å². The third-order valence-electron chi connectivity index (χ3n) is 6.71. The Morgan fingerprint density at radius 3 is 2.61 bits per heavy atom. The minimum atomic E-state index is -0.400. The summed E-state index contributed by atoms with van der Waals surface area (Å²) >= 11 is 1.90. The van der Waals surface area contributed by atoms with Gasteiger partial charge in [0, 0.05) is 41.4 Å². The van der Waals surface area contributed by atoms with Gasteiger partial charge < -0.3 is 10.3 Å². The average molecular weight is 528 g/mol. The summed E-state index contributed by atoms with van der Waals surface area (Å²) in [7, 11) is 0. The lowest BCUT2D eigenvalue weighted by Crippen LogP contribution is -2.22. The molecule has 1 atom stereocenters. The Hall–Kier alpha value is -3.71. The van der Waals surface area contributed by atoms with E-state index in [4.69, 9.17) is 0 Å². The molecule has 1 aliphatic carbocycles. The number of carbonyl (C=O) groups excluding carboxylic acids is 2. The minimum Gasteiger partial charge on any atom is -0.358 e. The Balaban J connectivity index is 1.49. The number of aromatic amines is 1. The van der Waals surface area contributed by atoms with Gasteiger partial charge in [0.15, 0.2) is 5.78 Å². The number of rotatable bonds is 8. The first-order valence-electron chi connectivity index (χ1n) is 12.8. The minimum absolute atomic E-state index is 0.188. The van der Waals surface area contributed by atoms with Crippen molar-refractivity contribution < 1.29 is 14.0 Å². The van der Waals surface area contributed by atoms with Crippen LogP contribution in [-0.2, 0) is 12.8 Å². The van der Waals surface area contributed by atoms with E-state index < -0.39 is 5.82 Å². The number of thioether (sulfide) groups is 1. The molecule has 0 saturated carbocycles. The first-order chi connectivity index (χ1) is 18.4. The van der Waals surface area contributed by atoms with E-state index in [9.17, 15) is 14.0 Å². The van der Waals surface area contributed by atoms with Gasteiger partial charge in [-0.25, -0.2) is 9.37 Å². The molecule has 0 bridgehead atoms. The molecule has 1 unspecified atom stereocenters. The van der Waals surface area contributed by atoms with Crippen LogP contribution in [0.1, 0.15) is 57.8 Å². The highest BCUT2D eigenvalue weighted by Crippen LogP contribution is 2.37. The van der Waals surface area contributed by atoms with Gasteiger partial charge in [-0.1, -0.05) is 44.2 Å². The van der Waals surface area contributed by atoms with E-state index in [1.165, 1.54) is 24.3 Å². The summed E-state index contributed by atoms with van der Waals surface area (Å²) < 4.78 is 13.3. The summed E-state index contributed by atoms with van der Waals surface area (Å²) in [6, 6.07) is 19.2. The first kappa shape index (κ1) is 25.9. The fourth-order valence-corrected chi connectivity index (χ4v) is 5.82. The number of hydrogen-bond donors (Lipinski definition) is 2. The fraction of sp³-hybridized carbons (Fsp3) is 0.258. The number of amides is 1. The number of carbonyl (C=O) groups is 2. The Morgan fingerprint density at radius 2 is 1.87 bits per heavy atom. The van der Waals surface area contributed by atoms with Gasteiger partial charge in [0.05, 0.1) is 5.69 Å². The van der Waals surface area contributed by atoms with Gasteiger partial charge in [0.25, 0.3) is 5.91 Å². The summed E-state index contributed by atoms with van der Waals surface area (Å²) in [5.74, 6) is 1.07. The van der Waals surface area contributed by atoms with E-state index in [0.29, 0.717) is 35.4 Å². The second-order valence-corrected chi connectivity index (χ2v) is 11.6. The van der Waals surface area contributed by atoms with Crippen LogP contribution in [0.5, 0.6) is 0 Å². The Bertz CT molecular complexity index is 1450. The molecule has 2 heterocycles. The molecular formula is C31H30FN3O2S. The number of anilines is 1. The highest BCUT2D eigenvalue weighted by atomic mass is 32.2. The van der Waals surface area contributed by atoms with Crippen LogP contribution >= 0.6 is 11.8 Å². The van der Waals surface area contributed by atoms with E-state index in [2.05, 4.69) is 41.3 Å². The average Bonchev–Trinajstić information content (AvgIpc) is 3.27. The summed E-state index contributed by atoms with van der Waals surface area (Å²) in [6.45, 7) is 4.36. The van der Waals surface area contributed by atoms with Crippen LogP contribution in [0.15, 0.2) is 72.9 Å². The number of fused-ring (bicyclic) bond motifs is 1. The van der Waals surface area contributed by atoms with Crippen LogP contribution in [0.4, 0.5) is 10.2 Å². The molecule has 2 aromatic heterocycles. The fourth-order valence-electron chi connectivity index (χ4n) is 4.92. The number of nitrogens with one attached hydrogen (secondary N) is 2. The summed E-state index contributed by atoms with van der Waals surface area (Å²) in [6.07, 6.45) is 3.66. The van der Waals surface area contributed by atoms with Gasteiger partial charge in [-0.15, -0.1) is 0 Å². The van der Waals surface area contributed by atoms with Crippen molar-refractivity contribution in [1.29, 1.82) is 0 Å². The van der Waals surface area contributed by atoms with Crippen molar-refractivity contribution in [2.75, 3.05) is 11.1 Å². The van der Waals surface area contributed by atoms with Crippen molar-refractivity contribution in [1.82, 2.24) is 9.97 Å². The lowest BCUT2D eigenvalue weighted by atomic mass is 9.84. The van der Waals surface area contributed by atoms with E-state index in [1.807, 2.05) is 42.1 Å². The van der Waals surface area contributed by atoms with E-state index in [0.717, 1.165) is 45.8 Å². The van der Waals surface area contributed by atoms with E-state index in [1.54, 1.807) is 6.20 Å². The van der Waals surface area contributed by atoms with Crippen molar-refractivity contribution in [3.8, 4) is 11.3 Å². The lowest BCUT2D eigenvalue weighted by Gasteiger charge is -2.22. The number of aromatic nitrogens is 2. The molecule has 1 aliphatic rings. The second kappa shape index (κ2) is 11.4. The number of ketones is 1. The van der Waals surface area contributed by atoms with E-state index >= 15 is 0 Å². The van der Waals surface area contributed by atoms with Crippen LogP contribution in [0, 0.1) is 11.7 Å². The zero-order valence-corrected chi connectivity index (χ0v) is 22.3. The SMILES string of the molecule is CC(C)SCC1CC(=O)c2c([nH]c(-c3ccnc(NC(=O)c4ccc(F)cc4)c3)c2Cc2ccccc2)C1. The van der Waals surface area contributed by atoms with Crippen molar-refractivity contribution in [3.05, 3.63) is 107 Å². The summed E-state index contributed by atoms with van der Waals surface area (Å²) in [5, 5.41) is 3.33. The second-order valence-electron chi connectivity index (χ2n) is 9.96. The molecule has 0 spiro atoms. The lowest BCUT2D eigenvalue weighted by molar-refractivity contribution is 0.0952. The smallest absolute Gasteiger partial charge is 0.256 e. The van der Waals surface area contributed by atoms with Gasteiger partial charge in [0.2, 0.25) is 0 Å². The Morgan fingerprint density at radius 1 is 1.11 bits per heavy atom. The van der Waals surface area contributed by atoms with Crippen molar-refractivity contribution >= 4 is 29.3 Å². The maximum absolute atomic E-state index is 13.5. The predicted molar refractivity (Wildman–Crippen MR) is 151 cm³/mol. The monoisotopic (exact) mass is 527 g/mol. The normalized spacial score (nSPS) is 14.9. The molecule has 5 nitrogen and oxygen atoms in total. The largest absolute Gasteiger partial charge is 0.358 e. The highest BCUT2D eigenvalue weighted by Gasteiger charge is 2.31. The third-order valence-corrected chi connectivity index (χ3v) is 8.04. The number of pyridine rings is 1. The number of H-pyrrole nitrogens is 1. The number of nitrogens with zero attached hydrogens (tertiary/aromatic N) is 1. The number of hydrogen-bond acceptors (Lipinski definition) is 4. The van der Waals surface area contributed by atoms with Gasteiger partial charge in [-0.3, -0.25) is 9.59 Å². The molecule has 2 N–H and O–H groups in total. The molecular weight excluding hydrogens is 497 g/mol. The van der Waals surface area contributed by atoms with Crippen molar-refractivity contribution in [3.63, 3.8) is 0 Å². The Kier molecular flexibility index (Phi) is 7.74. The van der Waals surface area contributed by atoms with Crippen molar-refractivity contribution in [2.24, 2.45) is 5.92 Å². The molecule has 0 fully saturated rings. The van der Waals surface area contributed by atoms with Crippen LogP contribution in [0.2, 0.25) is 0 Å². The number of benzene rings is 2. The topological polar surface area (TPSA) is 74.8 Å². The van der Waals surface area contributed by atoms with Crippen LogP contribution in [0.3, 0.4) is 0 Å². The molecule has 194 valence electrons. The van der Waals surface area contributed by atoms with Crippen LogP contribution < -0.4 is 5.32 Å². The summed E-state index contributed by atoms with van der Waals surface area (Å²) in [4.78, 5) is 34.1. The number of Topliss-reactive ketones (excluding diaryl/α,β-unsaturated/α-hetero) is 1. The summed E-state index contributed by atoms with van der Waals surface area (Å²) in [5.41, 5.74) is 5.97. The maximum Gasteiger partial charge on any atom is 0.256 e. The first-order valence-corrected chi connectivity index (χ1v) is 13.9. The molecule has 5 rings (SSSR count). The maximum atomic E-state index is 13.5. The molecule has 2 aromatic carbocycles. The van der Waals surface area contributed by atoms with E-state index in [-0.39, 0.29) is 11.7 Å². The molecule has 38 heavy (non-hydrogen) atoms. The molecule has 0 saturated heterocycles. The van der Waals surface area contributed by atoms with Gasteiger partial charge >= 0.3 is 0 Å². The van der Waals surface area contributed by atoms with Crippen molar-refractivity contribution in [2.45, 2.75) is 38.4 Å². The van der Waals surface area contributed by atoms with Gasteiger partial charge in [0.1, 0.15) is 11.6 Å². The molecule has 4 aromatic rings. The number of halogens is 1. The zero-order valence-electron chi connectivity index (χ0n) is 21.5. The molecule has 7 heteroatoms. The predicted octanol–water partition coefficient (Wildman–Crippen LogP) is 6.95. The van der Waals surface area contributed by atoms with Gasteiger partial charge in [-0.05, 0) is 70.9 Å². The molecule has 1 amide bonds. The standard InChI is InChI=1S/C31H30FN3O2S/c1-19(2)38-18-21-15-26-29(27(36)16-21)25(14-20-6-4-3-5-7-20)30(34-26)23-12-13-33-28(17-23)35-31(37)22-8-10-24(32)11-9-22/h3-13,17,19,21,34H,14-16,18H2,1-2H3,(H,33,35,37). The molecule has 0 aliphatic heterocycles. The third kappa shape index (κ3) is 5.89. The Labute approximate surface area is 226 Å². The quantitative estimate of drug-likeness (QED) is 0.260. The molecule has 0 radical (unpaired) electrons. The van der Waals surface area contributed by atoms with Crippen LogP contribution in [-0.4, -0.2) is 32.7 Å².